The van der Waals surface area contributed by atoms with E-state index in [1.807, 2.05) is 35.1 Å². The maximum Gasteiger partial charge on any atom is 0.0651 e. The monoisotopic (exact) mass is 390 g/mol. The van der Waals surface area contributed by atoms with Crippen molar-refractivity contribution < 1.29 is 0 Å². The fourth-order valence-corrected chi connectivity index (χ4v) is 3.50. The summed E-state index contributed by atoms with van der Waals surface area (Å²) >= 11 is 5.93. The third-order valence-electron chi connectivity index (χ3n) is 4.95. The van der Waals surface area contributed by atoms with E-state index in [9.17, 15) is 0 Å². The van der Waals surface area contributed by atoms with Gasteiger partial charge in [0.15, 0.2) is 0 Å². The third kappa shape index (κ3) is 4.75. The molecular weight excluding hydrogens is 368 g/mol. The predicted molar refractivity (Wildman–Crippen MR) is 115 cm³/mol. The van der Waals surface area contributed by atoms with Crippen LogP contribution in [0.1, 0.15) is 12.0 Å². The molecule has 0 bridgehead atoms. The summed E-state index contributed by atoms with van der Waals surface area (Å²) in [5, 5.41) is 5.10. The molecule has 0 spiro atoms. The molecule has 2 aromatic carbocycles. The number of hydrogen-bond acceptors (Lipinski definition) is 3. The van der Waals surface area contributed by atoms with E-state index in [4.69, 9.17) is 11.6 Å². The number of rotatable bonds is 4. The van der Waals surface area contributed by atoms with Crippen LogP contribution < -0.4 is 4.90 Å². The van der Waals surface area contributed by atoms with Crippen LogP contribution >= 0.6 is 11.6 Å². The topological polar surface area (TPSA) is 24.3 Å². The zero-order valence-electron chi connectivity index (χ0n) is 15.8. The lowest BCUT2D eigenvalue weighted by atomic mass is 10.2. The van der Waals surface area contributed by atoms with Crippen LogP contribution in [-0.2, 0) is 0 Å². The molecule has 0 N–H and O–H groups in total. The van der Waals surface area contributed by atoms with Gasteiger partial charge in [0, 0.05) is 56.1 Å². The summed E-state index contributed by atoms with van der Waals surface area (Å²) in [6, 6.07) is 18.3. The Morgan fingerprint density at radius 2 is 1.64 bits per heavy atom. The van der Waals surface area contributed by atoms with Crippen LogP contribution in [0.15, 0.2) is 67.0 Å². The van der Waals surface area contributed by atoms with Crippen molar-refractivity contribution in [3.05, 3.63) is 77.6 Å². The highest BCUT2D eigenvalue weighted by atomic mass is 35.5. The number of nitrogens with zero attached hydrogens (tertiary/aromatic N) is 4. The van der Waals surface area contributed by atoms with E-state index in [-0.39, 0.29) is 0 Å². The van der Waals surface area contributed by atoms with Crippen LogP contribution in [0.5, 0.6) is 0 Å². The average molecular weight is 391 g/mol. The molecule has 3 aromatic rings. The molecule has 0 radical (unpaired) electrons. The van der Waals surface area contributed by atoms with Gasteiger partial charge in [-0.3, -0.25) is 4.90 Å². The average Bonchev–Trinajstić information content (AvgIpc) is 3.22. The number of anilines is 1. The van der Waals surface area contributed by atoms with Gasteiger partial charge >= 0.3 is 0 Å². The molecule has 0 aliphatic carbocycles. The number of piperazine rings is 1. The third-order valence-corrected chi connectivity index (χ3v) is 5.21. The summed E-state index contributed by atoms with van der Waals surface area (Å²) in [4.78, 5) is 4.94. The lowest BCUT2D eigenvalue weighted by molar-refractivity contribution is 0.264. The SMILES string of the molecule is Clc1ccc(-n2cc(C#CCCN3CCN(c4ccccc4)CC3)cn2)cc1. The van der Waals surface area contributed by atoms with Gasteiger partial charge < -0.3 is 4.90 Å². The van der Waals surface area contributed by atoms with E-state index >= 15 is 0 Å². The summed E-state index contributed by atoms with van der Waals surface area (Å²) < 4.78 is 1.82. The summed E-state index contributed by atoms with van der Waals surface area (Å²) in [6.07, 6.45) is 4.63. The Bertz CT molecular complexity index is 946. The van der Waals surface area contributed by atoms with E-state index in [1.165, 1.54) is 5.69 Å². The quantitative estimate of drug-likeness (QED) is 0.627. The highest BCUT2D eigenvalue weighted by Gasteiger charge is 2.16. The second-order valence-corrected chi connectivity index (χ2v) is 7.30. The van der Waals surface area contributed by atoms with Crippen molar-refractivity contribution in [2.75, 3.05) is 37.6 Å². The Balaban J connectivity index is 1.24. The molecule has 1 saturated heterocycles. The van der Waals surface area contributed by atoms with E-state index in [0.717, 1.165) is 55.4 Å². The number of halogens is 1. The van der Waals surface area contributed by atoms with E-state index in [0.29, 0.717) is 0 Å². The molecule has 142 valence electrons. The molecule has 0 atom stereocenters. The number of para-hydroxylation sites is 1. The van der Waals surface area contributed by atoms with Gasteiger partial charge in [0.25, 0.3) is 0 Å². The molecule has 0 unspecified atom stereocenters. The van der Waals surface area contributed by atoms with Crippen molar-refractivity contribution in [3.63, 3.8) is 0 Å². The Hall–Kier alpha value is -2.74. The standard InChI is InChI=1S/C23H23ClN4/c24-21-9-11-23(12-10-21)28-19-20(18-25-28)6-4-5-13-26-14-16-27(17-15-26)22-7-2-1-3-8-22/h1-3,7-12,18-19H,5,13-17H2. The van der Waals surface area contributed by atoms with Crippen LogP contribution in [0, 0.1) is 11.8 Å². The van der Waals surface area contributed by atoms with Gasteiger partial charge in [0.2, 0.25) is 0 Å². The fourth-order valence-electron chi connectivity index (χ4n) is 3.37. The summed E-state index contributed by atoms with van der Waals surface area (Å²) in [6.45, 7) is 5.34. The van der Waals surface area contributed by atoms with Crippen LogP contribution in [0.25, 0.3) is 5.69 Å². The van der Waals surface area contributed by atoms with Gasteiger partial charge in [-0.05, 0) is 36.4 Å². The van der Waals surface area contributed by atoms with Crippen molar-refractivity contribution in [2.45, 2.75) is 6.42 Å². The Morgan fingerprint density at radius 3 is 2.39 bits per heavy atom. The second-order valence-electron chi connectivity index (χ2n) is 6.87. The molecule has 28 heavy (non-hydrogen) atoms. The van der Waals surface area contributed by atoms with Crippen molar-refractivity contribution >= 4 is 17.3 Å². The minimum atomic E-state index is 0.723. The maximum absolute atomic E-state index is 5.93. The highest BCUT2D eigenvalue weighted by Crippen LogP contribution is 2.16. The summed E-state index contributed by atoms with van der Waals surface area (Å²) in [7, 11) is 0. The molecule has 1 aliphatic rings. The first-order valence-corrected chi connectivity index (χ1v) is 9.97. The van der Waals surface area contributed by atoms with Gasteiger partial charge in [-0.2, -0.15) is 5.10 Å². The normalized spacial score (nSPS) is 14.5. The van der Waals surface area contributed by atoms with Crippen molar-refractivity contribution in [1.82, 2.24) is 14.7 Å². The smallest absolute Gasteiger partial charge is 0.0651 e. The van der Waals surface area contributed by atoms with Crippen LogP contribution in [0.4, 0.5) is 5.69 Å². The number of aromatic nitrogens is 2. The Morgan fingerprint density at radius 1 is 0.893 bits per heavy atom. The van der Waals surface area contributed by atoms with E-state index in [1.54, 1.807) is 6.20 Å². The summed E-state index contributed by atoms with van der Waals surface area (Å²) in [5.74, 6) is 6.51. The predicted octanol–water partition coefficient (Wildman–Crippen LogP) is 4.09. The molecule has 0 saturated carbocycles. The lowest BCUT2D eigenvalue weighted by Gasteiger charge is -2.35. The zero-order valence-corrected chi connectivity index (χ0v) is 16.5. The van der Waals surface area contributed by atoms with E-state index < -0.39 is 0 Å². The van der Waals surface area contributed by atoms with E-state index in [2.05, 4.69) is 57.1 Å². The molecule has 4 rings (SSSR count). The van der Waals surface area contributed by atoms with Crippen LogP contribution in [0.3, 0.4) is 0 Å². The Labute approximate surface area is 171 Å². The second kappa shape index (κ2) is 8.97. The van der Waals surface area contributed by atoms with Crippen molar-refractivity contribution in [1.29, 1.82) is 0 Å². The molecule has 5 heteroatoms. The first kappa shape index (κ1) is 18.6. The number of hydrogen-bond donors (Lipinski definition) is 0. The lowest BCUT2D eigenvalue weighted by Crippen LogP contribution is -2.46. The fraction of sp³-hybridized carbons (Fsp3) is 0.261. The summed E-state index contributed by atoms with van der Waals surface area (Å²) in [5.41, 5.74) is 3.23. The van der Waals surface area contributed by atoms with Gasteiger partial charge in [-0.1, -0.05) is 41.6 Å². The highest BCUT2D eigenvalue weighted by molar-refractivity contribution is 6.30. The van der Waals surface area contributed by atoms with Crippen molar-refractivity contribution in [2.24, 2.45) is 0 Å². The van der Waals surface area contributed by atoms with Crippen molar-refractivity contribution in [3.8, 4) is 17.5 Å². The van der Waals surface area contributed by atoms with Gasteiger partial charge in [0.1, 0.15) is 0 Å². The first-order chi connectivity index (χ1) is 13.8. The van der Waals surface area contributed by atoms with Gasteiger partial charge in [-0.25, -0.2) is 4.68 Å². The molecule has 2 heterocycles. The molecule has 4 nitrogen and oxygen atoms in total. The molecule has 0 amide bonds. The first-order valence-electron chi connectivity index (χ1n) is 9.60. The van der Waals surface area contributed by atoms with Gasteiger partial charge in [-0.15, -0.1) is 0 Å². The molecule has 1 aliphatic heterocycles. The van der Waals surface area contributed by atoms with Crippen LogP contribution in [0.2, 0.25) is 5.02 Å². The Kier molecular flexibility index (Phi) is 5.96. The van der Waals surface area contributed by atoms with Gasteiger partial charge in [0.05, 0.1) is 17.4 Å². The largest absolute Gasteiger partial charge is 0.369 e. The molecule has 1 aromatic heterocycles. The maximum atomic E-state index is 5.93. The minimum absolute atomic E-state index is 0.723. The number of benzene rings is 2. The van der Waals surface area contributed by atoms with Crippen LogP contribution in [-0.4, -0.2) is 47.4 Å². The minimum Gasteiger partial charge on any atom is -0.369 e. The molecular formula is C23H23ClN4. The zero-order chi connectivity index (χ0) is 19.2. The molecule has 1 fully saturated rings.